The van der Waals surface area contributed by atoms with Gasteiger partial charge in [0, 0.05) is 56.8 Å². The van der Waals surface area contributed by atoms with E-state index in [9.17, 15) is 9.59 Å². The molecule has 15 heteroatoms. The fourth-order valence-corrected chi connectivity index (χ4v) is 3.61. The van der Waals surface area contributed by atoms with Crippen LogP contribution in [-0.2, 0) is 34.7 Å². The zero-order valence-corrected chi connectivity index (χ0v) is 24.6. The number of hydrogen-bond donors (Lipinski definition) is 2. The number of amides is 2. The number of hydrogen-bond acceptors (Lipinski definition) is 9. The first-order valence-electron chi connectivity index (χ1n) is 13.6. The Hall–Kier alpha value is -3.71. The average Bonchev–Trinajstić information content (AvgIpc) is 3.50. The highest BCUT2D eigenvalue weighted by Crippen LogP contribution is 2.14. The van der Waals surface area contributed by atoms with Crippen LogP contribution in [0.1, 0.15) is 78.6 Å². The van der Waals surface area contributed by atoms with Crippen molar-refractivity contribution in [3.8, 4) is 0 Å². The molecule has 40 heavy (non-hydrogen) atoms. The van der Waals surface area contributed by atoms with Gasteiger partial charge in [-0.25, -0.2) is 9.48 Å². The smallest absolute Gasteiger partial charge is 0.407 e. The van der Waals surface area contributed by atoms with Crippen LogP contribution < -0.4 is 10.6 Å². The number of nitrogens with zero attached hydrogens (tertiary/aromatic N) is 10. The van der Waals surface area contributed by atoms with Crippen molar-refractivity contribution >= 4 is 12.0 Å². The summed E-state index contributed by atoms with van der Waals surface area (Å²) in [6.07, 6.45) is 5.67. The van der Waals surface area contributed by atoms with Gasteiger partial charge in [0.15, 0.2) is 0 Å². The van der Waals surface area contributed by atoms with Gasteiger partial charge in [-0.15, -0.1) is 10.2 Å². The number of rotatable bonds is 16. The molecule has 0 radical (unpaired) electrons. The molecule has 0 aromatic carbocycles. The Balaban J connectivity index is 1.75. The van der Waals surface area contributed by atoms with Crippen molar-refractivity contribution in [3.05, 3.63) is 34.2 Å². The lowest BCUT2D eigenvalue weighted by Gasteiger charge is -2.20. The van der Waals surface area contributed by atoms with Gasteiger partial charge in [-0.2, -0.15) is 0 Å². The second-order valence-corrected chi connectivity index (χ2v) is 11.6. The van der Waals surface area contributed by atoms with E-state index in [0.717, 1.165) is 11.4 Å². The Labute approximate surface area is 235 Å². The van der Waals surface area contributed by atoms with Gasteiger partial charge in [-0.3, -0.25) is 14.4 Å². The van der Waals surface area contributed by atoms with Crippen LogP contribution in [0.2, 0.25) is 0 Å². The molecule has 0 fully saturated rings. The highest BCUT2D eigenvalue weighted by atomic mass is 16.6. The first kappa shape index (κ1) is 32.5. The van der Waals surface area contributed by atoms with Crippen LogP contribution in [-0.4, -0.2) is 78.7 Å². The maximum atomic E-state index is 12.1. The normalized spacial score (nSPS) is 11.8. The van der Waals surface area contributed by atoms with Gasteiger partial charge in [0.05, 0.1) is 23.1 Å². The van der Waals surface area contributed by atoms with Gasteiger partial charge < -0.3 is 15.4 Å². The maximum absolute atomic E-state index is 12.1. The fraction of sp³-hybridized carbons (Fsp3) is 0.760. The highest BCUT2D eigenvalue weighted by molar-refractivity contribution is 5.75. The maximum Gasteiger partial charge on any atom is 0.407 e. The lowest BCUT2D eigenvalue weighted by atomic mass is 10.1. The molecule has 2 N–H and O–H groups in total. The molecule has 15 nitrogen and oxygen atoms in total. The van der Waals surface area contributed by atoms with Gasteiger partial charge in [0.2, 0.25) is 5.91 Å². The Morgan fingerprint density at radius 1 is 1.00 bits per heavy atom. The number of azide groups is 1. The molecular weight excluding hydrogens is 516 g/mol. The van der Waals surface area contributed by atoms with E-state index >= 15 is 0 Å². The summed E-state index contributed by atoms with van der Waals surface area (Å²) in [5.41, 5.74) is 9.51. The third-order valence-electron chi connectivity index (χ3n) is 5.52. The van der Waals surface area contributed by atoms with E-state index in [1.165, 1.54) is 0 Å². The largest absolute Gasteiger partial charge is 0.444 e. The van der Waals surface area contributed by atoms with Crippen molar-refractivity contribution in [1.29, 1.82) is 0 Å². The number of aromatic nitrogens is 6. The van der Waals surface area contributed by atoms with E-state index in [2.05, 4.69) is 67.0 Å². The predicted molar refractivity (Wildman–Crippen MR) is 149 cm³/mol. The molecule has 0 aliphatic heterocycles. The van der Waals surface area contributed by atoms with Crippen LogP contribution in [0.4, 0.5) is 4.79 Å². The molecule has 222 valence electrons. The minimum Gasteiger partial charge on any atom is -0.444 e. The summed E-state index contributed by atoms with van der Waals surface area (Å²) in [6, 6.07) is 0. The molecule has 0 saturated heterocycles. The lowest BCUT2D eigenvalue weighted by Crippen LogP contribution is -2.34. The Kier molecular flexibility index (Phi) is 12.8. The minimum absolute atomic E-state index is 0.0490. The number of carbonyl (C=O) groups is 2. The molecule has 2 aromatic heterocycles. The van der Waals surface area contributed by atoms with Gasteiger partial charge in [0.1, 0.15) is 5.60 Å². The molecule has 2 aromatic rings. The summed E-state index contributed by atoms with van der Waals surface area (Å²) in [7, 11) is 0. The summed E-state index contributed by atoms with van der Waals surface area (Å²) in [5, 5.41) is 26.2. The number of carbonyl (C=O) groups excluding carboxylic acids is 2. The van der Waals surface area contributed by atoms with Crippen LogP contribution >= 0.6 is 0 Å². The molecule has 0 unspecified atom stereocenters. The van der Waals surface area contributed by atoms with E-state index < -0.39 is 11.7 Å². The molecule has 2 rings (SSSR count). The highest BCUT2D eigenvalue weighted by Gasteiger charge is 2.18. The number of alkyl carbamates (subject to hydrolysis) is 1. The molecule has 0 bridgehead atoms. The van der Waals surface area contributed by atoms with Crippen molar-refractivity contribution in [3.63, 3.8) is 0 Å². The van der Waals surface area contributed by atoms with Crippen molar-refractivity contribution in [2.45, 2.75) is 98.0 Å². The van der Waals surface area contributed by atoms with E-state index in [1.807, 2.05) is 17.1 Å². The third kappa shape index (κ3) is 13.4. The van der Waals surface area contributed by atoms with Gasteiger partial charge in [-0.05, 0) is 72.9 Å². The van der Waals surface area contributed by atoms with E-state index in [4.69, 9.17) is 10.3 Å². The predicted octanol–water partition coefficient (Wildman–Crippen LogP) is 3.14. The van der Waals surface area contributed by atoms with Crippen LogP contribution in [0.25, 0.3) is 10.4 Å². The first-order valence-corrected chi connectivity index (χ1v) is 13.6. The molecule has 0 aliphatic rings. The number of ether oxygens (including phenoxy) is 1. The summed E-state index contributed by atoms with van der Waals surface area (Å²) in [5.74, 6) is -0.0490. The van der Waals surface area contributed by atoms with E-state index in [0.29, 0.717) is 71.5 Å². The summed E-state index contributed by atoms with van der Waals surface area (Å²) in [4.78, 5) is 28.7. The Morgan fingerprint density at radius 2 is 1.68 bits per heavy atom. The quantitative estimate of drug-likeness (QED) is 0.136. The standard InChI is InChI=1S/C25H44N12O3/c1-24(2,3)37-19-21(31-34-37)17-35(14-9-13-29-32-26)16-20-18-36(33-30-20)15-7-10-22(38)27-11-8-12-28-23(39)40-25(4,5)6/h18-19H,7-17H2,1-6H3,(H,27,38)(H,28,39). The summed E-state index contributed by atoms with van der Waals surface area (Å²) < 4.78 is 8.75. The topological polar surface area (TPSA) is 181 Å². The monoisotopic (exact) mass is 560 g/mol. The van der Waals surface area contributed by atoms with Gasteiger partial charge >= 0.3 is 6.09 Å². The zero-order chi connectivity index (χ0) is 29.6. The van der Waals surface area contributed by atoms with Gasteiger partial charge in [0.25, 0.3) is 0 Å². The summed E-state index contributed by atoms with van der Waals surface area (Å²) in [6.45, 7) is 15.3. The second kappa shape index (κ2) is 15.8. The average molecular weight is 561 g/mol. The fourth-order valence-electron chi connectivity index (χ4n) is 3.61. The lowest BCUT2D eigenvalue weighted by molar-refractivity contribution is -0.121. The van der Waals surface area contributed by atoms with E-state index in [1.54, 1.807) is 25.5 Å². The van der Waals surface area contributed by atoms with Crippen LogP contribution in [0, 0.1) is 0 Å². The molecule has 0 atom stereocenters. The van der Waals surface area contributed by atoms with Crippen LogP contribution in [0.15, 0.2) is 17.5 Å². The second-order valence-electron chi connectivity index (χ2n) is 11.6. The first-order chi connectivity index (χ1) is 18.9. The summed E-state index contributed by atoms with van der Waals surface area (Å²) >= 11 is 0. The number of aryl methyl sites for hydroxylation is 1. The SMILES string of the molecule is CC(C)(C)OC(=O)NCCCNC(=O)CCCn1cc(CN(CCCN=[N+]=[N-])Cc2cn(C(C)(C)C)nn2)nn1. The molecule has 0 saturated carbocycles. The number of nitrogens with one attached hydrogen (secondary N) is 2. The van der Waals surface area contributed by atoms with Crippen molar-refractivity contribution in [2.24, 2.45) is 5.11 Å². The zero-order valence-electron chi connectivity index (χ0n) is 24.6. The van der Waals surface area contributed by atoms with Crippen molar-refractivity contribution in [2.75, 3.05) is 26.2 Å². The van der Waals surface area contributed by atoms with Crippen molar-refractivity contribution < 1.29 is 14.3 Å². The molecule has 0 aliphatic carbocycles. The molecule has 2 heterocycles. The van der Waals surface area contributed by atoms with Gasteiger partial charge in [-0.1, -0.05) is 15.5 Å². The van der Waals surface area contributed by atoms with Crippen LogP contribution in [0.3, 0.4) is 0 Å². The Bertz CT molecular complexity index is 1110. The molecular formula is C25H44N12O3. The third-order valence-corrected chi connectivity index (χ3v) is 5.52. The molecule has 2 amide bonds. The van der Waals surface area contributed by atoms with E-state index in [-0.39, 0.29) is 11.4 Å². The minimum atomic E-state index is -0.536. The van der Waals surface area contributed by atoms with Crippen molar-refractivity contribution in [1.82, 2.24) is 45.5 Å². The Morgan fingerprint density at radius 3 is 2.33 bits per heavy atom. The van der Waals surface area contributed by atoms with Crippen LogP contribution in [0.5, 0.6) is 0 Å². The molecule has 0 spiro atoms.